The Morgan fingerprint density at radius 1 is 0.436 bits per heavy atom. The lowest BCUT2D eigenvalue weighted by Gasteiger charge is -2.39. The summed E-state index contributed by atoms with van der Waals surface area (Å²) in [6.07, 6.45) is 1.09. The summed E-state index contributed by atoms with van der Waals surface area (Å²) in [4.78, 5) is 0. The van der Waals surface area contributed by atoms with Crippen molar-refractivity contribution in [2.45, 2.75) is 176 Å². The van der Waals surface area contributed by atoms with E-state index in [4.69, 9.17) is 0 Å². The quantitative estimate of drug-likeness (QED) is 0.369. The van der Waals surface area contributed by atoms with Crippen molar-refractivity contribution in [1.29, 1.82) is 0 Å². The Morgan fingerprint density at radius 2 is 0.769 bits per heavy atom. The summed E-state index contributed by atoms with van der Waals surface area (Å²) in [5.74, 6) is 0.346. The molecule has 0 heteroatoms. The van der Waals surface area contributed by atoms with Gasteiger partial charge < -0.3 is 0 Å². The van der Waals surface area contributed by atoms with Crippen LogP contribution >= 0.6 is 0 Å². The highest BCUT2D eigenvalue weighted by Gasteiger charge is 2.36. The topological polar surface area (TPSA) is 0 Å². The van der Waals surface area contributed by atoms with Crippen LogP contribution in [-0.2, 0) is 32.5 Å². The molecule has 0 heterocycles. The normalized spacial score (nSPS) is 15.1. The maximum Gasteiger partial charge on any atom is 0.00928 e. The Kier molecular flexibility index (Phi) is 8.94. The zero-order chi connectivity index (χ0) is 30.7. The minimum atomic E-state index is 0.0507. The standard InChI is InChI=1S/C39H64/c1-20-27(25-21-30(37(11,12)13)33(39(17,18)19)31(22-25)38(14,15)16)32-28(35(5,6)7)23-26(34(2,3)4)24-29(32)36(8,9)10/h21-24,27H,20H2,1-19H3. The minimum Gasteiger partial charge on any atom is -0.0645 e. The zero-order valence-electron chi connectivity index (χ0n) is 29.6. The van der Waals surface area contributed by atoms with Gasteiger partial charge in [0.05, 0.1) is 0 Å². The fraction of sp³-hybridized carbons (Fsp3) is 0.692. The average Bonchev–Trinajstić information content (AvgIpc) is 2.69. The van der Waals surface area contributed by atoms with Crippen LogP contribution in [0.4, 0.5) is 0 Å². The molecule has 0 N–H and O–H groups in total. The van der Waals surface area contributed by atoms with Gasteiger partial charge in [0.1, 0.15) is 0 Å². The van der Waals surface area contributed by atoms with Crippen LogP contribution in [0.2, 0.25) is 0 Å². The van der Waals surface area contributed by atoms with Gasteiger partial charge in [-0.25, -0.2) is 0 Å². The monoisotopic (exact) mass is 533 g/mol. The van der Waals surface area contributed by atoms with Crippen molar-refractivity contribution in [3.63, 3.8) is 0 Å². The molecule has 39 heavy (non-hydrogen) atoms. The number of benzene rings is 2. The second kappa shape index (κ2) is 10.4. The third-order valence-electron chi connectivity index (χ3n) is 8.35. The molecule has 0 bridgehead atoms. The molecule has 0 fully saturated rings. The molecule has 0 aliphatic heterocycles. The molecule has 0 aromatic heterocycles. The Bertz CT molecular complexity index is 1090. The minimum absolute atomic E-state index is 0.0507. The molecule has 2 aromatic carbocycles. The van der Waals surface area contributed by atoms with Crippen LogP contribution < -0.4 is 0 Å². The highest BCUT2D eigenvalue weighted by atomic mass is 14.4. The molecule has 2 aromatic rings. The number of rotatable bonds is 3. The van der Waals surface area contributed by atoms with Gasteiger partial charge >= 0.3 is 0 Å². The van der Waals surface area contributed by atoms with Gasteiger partial charge in [0.2, 0.25) is 0 Å². The molecular formula is C39H64. The molecule has 0 saturated heterocycles. The van der Waals surface area contributed by atoms with E-state index in [0.717, 1.165) is 6.42 Å². The summed E-state index contributed by atoms with van der Waals surface area (Å²) < 4.78 is 0. The first-order valence-electron chi connectivity index (χ1n) is 15.5. The van der Waals surface area contributed by atoms with Gasteiger partial charge in [0.15, 0.2) is 0 Å². The molecule has 0 aliphatic carbocycles. The van der Waals surface area contributed by atoms with Gasteiger partial charge in [-0.15, -0.1) is 0 Å². The first kappa shape index (κ1) is 33.6. The first-order chi connectivity index (χ1) is 17.1. The molecule has 220 valence electrons. The van der Waals surface area contributed by atoms with Crippen LogP contribution in [0.25, 0.3) is 0 Å². The fourth-order valence-electron chi connectivity index (χ4n) is 6.17. The predicted octanol–water partition coefficient (Wildman–Crippen LogP) is 12.0. The summed E-state index contributed by atoms with van der Waals surface area (Å²) in [5, 5.41) is 0. The lowest BCUT2D eigenvalue weighted by atomic mass is 9.65. The molecule has 2 rings (SSSR count). The Balaban J connectivity index is 3.20. The zero-order valence-corrected chi connectivity index (χ0v) is 29.6. The van der Waals surface area contributed by atoms with Crippen molar-refractivity contribution in [1.82, 2.24) is 0 Å². The lowest BCUT2D eigenvalue weighted by molar-refractivity contribution is 0.494. The number of hydrogen-bond acceptors (Lipinski definition) is 0. The number of hydrogen-bond donors (Lipinski definition) is 0. The predicted molar refractivity (Wildman–Crippen MR) is 177 cm³/mol. The molecule has 0 saturated carbocycles. The van der Waals surface area contributed by atoms with Crippen molar-refractivity contribution in [3.8, 4) is 0 Å². The molecular weight excluding hydrogens is 468 g/mol. The van der Waals surface area contributed by atoms with Crippen molar-refractivity contribution in [2.24, 2.45) is 0 Å². The lowest BCUT2D eigenvalue weighted by Crippen LogP contribution is -2.29. The molecule has 1 atom stereocenters. The van der Waals surface area contributed by atoms with Crippen LogP contribution in [0.1, 0.15) is 188 Å². The summed E-state index contributed by atoms with van der Waals surface area (Å²) in [6, 6.07) is 10.3. The van der Waals surface area contributed by atoms with Crippen LogP contribution in [0.5, 0.6) is 0 Å². The van der Waals surface area contributed by atoms with Crippen molar-refractivity contribution >= 4 is 0 Å². The van der Waals surface area contributed by atoms with Crippen molar-refractivity contribution in [2.75, 3.05) is 0 Å². The second-order valence-electron chi connectivity index (χ2n) is 18.4. The van der Waals surface area contributed by atoms with Crippen LogP contribution in [0.15, 0.2) is 24.3 Å². The molecule has 1 unspecified atom stereocenters. The van der Waals surface area contributed by atoms with Crippen molar-refractivity contribution in [3.05, 3.63) is 68.8 Å². The summed E-state index contributed by atoms with van der Waals surface area (Å²) >= 11 is 0. The Labute approximate surface area is 244 Å². The molecule has 0 amide bonds. The van der Waals surface area contributed by atoms with Crippen LogP contribution in [-0.4, -0.2) is 0 Å². The molecule has 0 nitrogen and oxygen atoms in total. The largest absolute Gasteiger partial charge is 0.0645 e. The van der Waals surface area contributed by atoms with E-state index < -0.39 is 0 Å². The molecule has 0 radical (unpaired) electrons. The molecule has 0 spiro atoms. The van der Waals surface area contributed by atoms with Gasteiger partial charge in [-0.1, -0.05) is 156 Å². The molecule has 0 aliphatic rings. The van der Waals surface area contributed by atoms with E-state index >= 15 is 0 Å². The Morgan fingerprint density at radius 3 is 1.00 bits per heavy atom. The van der Waals surface area contributed by atoms with E-state index in [-0.39, 0.29) is 32.5 Å². The fourth-order valence-corrected chi connectivity index (χ4v) is 6.17. The van der Waals surface area contributed by atoms with Crippen LogP contribution in [0, 0.1) is 0 Å². The summed E-state index contributed by atoms with van der Waals surface area (Å²) in [7, 11) is 0. The van der Waals surface area contributed by atoms with E-state index in [1.54, 1.807) is 5.56 Å². The SMILES string of the molecule is CCC(c1cc(C(C)(C)C)c(C(C)(C)C)c(C(C)(C)C)c1)c1c(C(C)(C)C)cc(C(C)(C)C)cc1C(C)(C)C. The first-order valence-corrected chi connectivity index (χ1v) is 15.5. The highest BCUT2D eigenvalue weighted by molar-refractivity contribution is 5.56. The van der Waals surface area contributed by atoms with Gasteiger partial charge in [0, 0.05) is 5.92 Å². The van der Waals surface area contributed by atoms with Gasteiger partial charge in [-0.3, -0.25) is 0 Å². The van der Waals surface area contributed by atoms with Gasteiger partial charge in [0.25, 0.3) is 0 Å². The van der Waals surface area contributed by atoms with Gasteiger partial charge in [-0.2, -0.15) is 0 Å². The van der Waals surface area contributed by atoms with E-state index in [9.17, 15) is 0 Å². The maximum atomic E-state index is 2.60. The van der Waals surface area contributed by atoms with E-state index in [1.165, 1.54) is 38.9 Å². The van der Waals surface area contributed by atoms with E-state index in [1.807, 2.05) is 0 Å². The van der Waals surface area contributed by atoms with E-state index in [2.05, 4.69) is 156 Å². The summed E-state index contributed by atoms with van der Waals surface area (Å²) in [6.45, 7) is 45.4. The van der Waals surface area contributed by atoms with Crippen LogP contribution in [0.3, 0.4) is 0 Å². The Hall–Kier alpha value is -1.56. The third-order valence-corrected chi connectivity index (χ3v) is 8.35. The van der Waals surface area contributed by atoms with Crippen molar-refractivity contribution < 1.29 is 0 Å². The second-order valence-corrected chi connectivity index (χ2v) is 18.4. The van der Waals surface area contributed by atoms with Gasteiger partial charge in [-0.05, 0) is 83.4 Å². The third kappa shape index (κ3) is 7.40. The highest BCUT2D eigenvalue weighted by Crippen LogP contribution is 2.48. The average molecular weight is 533 g/mol. The van der Waals surface area contributed by atoms with E-state index in [0.29, 0.717) is 5.92 Å². The smallest absolute Gasteiger partial charge is 0.00928 e. The maximum absolute atomic E-state index is 2.60. The summed E-state index contributed by atoms with van der Waals surface area (Å²) in [5.41, 5.74) is 12.5.